The molecule has 6 heteroatoms. The summed E-state index contributed by atoms with van der Waals surface area (Å²) in [6, 6.07) is 9.24. The Kier molecular flexibility index (Phi) is 5.36. The van der Waals surface area contributed by atoms with Crippen LogP contribution >= 0.6 is 31.9 Å². The summed E-state index contributed by atoms with van der Waals surface area (Å²) in [6.07, 6.45) is 0. The van der Waals surface area contributed by atoms with Crippen LogP contribution in [0.5, 0.6) is 5.75 Å². The molecule has 0 heterocycles. The normalized spacial score (nSPS) is 10.3. The van der Waals surface area contributed by atoms with Gasteiger partial charge in [-0.15, -0.1) is 0 Å². The van der Waals surface area contributed by atoms with E-state index in [-0.39, 0.29) is 5.91 Å². The van der Waals surface area contributed by atoms with Crippen LogP contribution in [0.25, 0.3) is 0 Å². The number of halogens is 3. The van der Waals surface area contributed by atoms with Gasteiger partial charge in [-0.1, -0.05) is 15.9 Å². The molecule has 2 rings (SSSR count). The summed E-state index contributed by atoms with van der Waals surface area (Å²) in [5, 5.41) is 2.72. The van der Waals surface area contributed by atoms with Crippen molar-refractivity contribution < 1.29 is 13.9 Å². The van der Waals surface area contributed by atoms with Gasteiger partial charge >= 0.3 is 0 Å². The highest BCUT2D eigenvalue weighted by molar-refractivity contribution is 9.11. The van der Waals surface area contributed by atoms with Crippen molar-refractivity contribution in [3.05, 3.63) is 56.7 Å². The Hall–Kier alpha value is -1.40. The number of carbonyl (C=O) groups excluding carboxylic acids is 1. The van der Waals surface area contributed by atoms with Crippen LogP contribution in [-0.4, -0.2) is 12.5 Å². The molecule has 0 unspecified atom stereocenters. The lowest BCUT2D eigenvalue weighted by molar-refractivity contribution is 0.102. The highest BCUT2D eigenvalue weighted by Crippen LogP contribution is 2.28. The maximum absolute atomic E-state index is 13.2. The van der Waals surface area contributed by atoms with E-state index in [1.807, 2.05) is 0 Å². The Labute approximate surface area is 138 Å². The van der Waals surface area contributed by atoms with Crippen LogP contribution in [0.2, 0.25) is 0 Å². The van der Waals surface area contributed by atoms with Crippen molar-refractivity contribution in [3.63, 3.8) is 0 Å². The van der Waals surface area contributed by atoms with Gasteiger partial charge in [0.05, 0.1) is 17.9 Å². The SMILES string of the molecule is CCOc1cc(F)ccc1NC(=O)c1ccc(Br)cc1Br. The van der Waals surface area contributed by atoms with E-state index in [9.17, 15) is 9.18 Å². The van der Waals surface area contributed by atoms with Crippen LogP contribution in [-0.2, 0) is 0 Å². The summed E-state index contributed by atoms with van der Waals surface area (Å²) in [4.78, 5) is 12.3. The minimum absolute atomic E-state index is 0.304. The Morgan fingerprint density at radius 1 is 1.24 bits per heavy atom. The molecule has 0 fully saturated rings. The fraction of sp³-hybridized carbons (Fsp3) is 0.133. The topological polar surface area (TPSA) is 38.3 Å². The summed E-state index contributed by atoms with van der Waals surface area (Å²) in [5.74, 6) is -0.415. The van der Waals surface area contributed by atoms with Gasteiger partial charge in [-0.05, 0) is 53.2 Å². The van der Waals surface area contributed by atoms with Crippen molar-refractivity contribution in [2.75, 3.05) is 11.9 Å². The molecule has 0 saturated carbocycles. The molecule has 21 heavy (non-hydrogen) atoms. The first kappa shape index (κ1) is 16.0. The van der Waals surface area contributed by atoms with Crippen LogP contribution in [0, 0.1) is 5.82 Å². The van der Waals surface area contributed by atoms with Gasteiger partial charge in [0.25, 0.3) is 5.91 Å². The van der Waals surface area contributed by atoms with Gasteiger partial charge in [-0.3, -0.25) is 4.79 Å². The van der Waals surface area contributed by atoms with Gasteiger partial charge in [0.2, 0.25) is 0 Å². The van der Waals surface area contributed by atoms with Gasteiger partial charge < -0.3 is 10.1 Å². The fourth-order valence-electron chi connectivity index (χ4n) is 1.74. The Morgan fingerprint density at radius 3 is 2.67 bits per heavy atom. The standard InChI is InChI=1S/C15H12Br2FNO2/c1-2-21-14-8-10(18)4-6-13(14)19-15(20)11-5-3-9(16)7-12(11)17/h3-8H,2H2,1H3,(H,19,20). The number of anilines is 1. The number of amides is 1. The maximum atomic E-state index is 13.2. The van der Waals surface area contributed by atoms with Crippen LogP contribution in [0.3, 0.4) is 0 Å². The molecule has 0 aliphatic heterocycles. The average molecular weight is 417 g/mol. The quantitative estimate of drug-likeness (QED) is 0.761. The number of benzene rings is 2. The van der Waals surface area contributed by atoms with Crippen molar-refractivity contribution in [2.45, 2.75) is 6.92 Å². The molecular weight excluding hydrogens is 405 g/mol. The molecule has 1 amide bonds. The van der Waals surface area contributed by atoms with E-state index in [2.05, 4.69) is 37.2 Å². The average Bonchev–Trinajstić information content (AvgIpc) is 2.42. The Morgan fingerprint density at radius 2 is 2.00 bits per heavy atom. The van der Waals surface area contributed by atoms with E-state index in [1.165, 1.54) is 18.2 Å². The monoisotopic (exact) mass is 415 g/mol. The summed E-state index contributed by atoms with van der Waals surface area (Å²) in [5.41, 5.74) is 0.906. The first-order valence-electron chi connectivity index (χ1n) is 6.20. The first-order valence-corrected chi connectivity index (χ1v) is 7.78. The molecule has 3 nitrogen and oxygen atoms in total. The van der Waals surface area contributed by atoms with Crippen LogP contribution in [0.15, 0.2) is 45.3 Å². The third-order valence-corrected chi connectivity index (χ3v) is 3.82. The molecular formula is C15H12Br2FNO2. The van der Waals surface area contributed by atoms with Crippen molar-refractivity contribution in [2.24, 2.45) is 0 Å². The van der Waals surface area contributed by atoms with Gasteiger partial charge in [-0.2, -0.15) is 0 Å². The van der Waals surface area contributed by atoms with Crippen molar-refractivity contribution in [1.29, 1.82) is 0 Å². The van der Waals surface area contributed by atoms with E-state index >= 15 is 0 Å². The van der Waals surface area contributed by atoms with E-state index in [0.29, 0.717) is 28.1 Å². The lowest BCUT2D eigenvalue weighted by Gasteiger charge is -2.12. The Balaban J connectivity index is 2.27. The predicted molar refractivity (Wildman–Crippen MR) is 87.4 cm³/mol. The van der Waals surface area contributed by atoms with Gasteiger partial charge in [0.15, 0.2) is 0 Å². The fourth-order valence-corrected chi connectivity index (χ4v) is 2.96. The van der Waals surface area contributed by atoms with Crippen LogP contribution in [0.4, 0.5) is 10.1 Å². The van der Waals surface area contributed by atoms with E-state index in [0.717, 1.165) is 4.47 Å². The lowest BCUT2D eigenvalue weighted by Crippen LogP contribution is -2.13. The summed E-state index contributed by atoms with van der Waals surface area (Å²) in [6.45, 7) is 2.18. The molecule has 2 aromatic rings. The second kappa shape index (κ2) is 7.04. The molecule has 0 aromatic heterocycles. The highest BCUT2D eigenvalue weighted by atomic mass is 79.9. The Bertz CT molecular complexity index is 677. The van der Waals surface area contributed by atoms with E-state index in [4.69, 9.17) is 4.74 Å². The van der Waals surface area contributed by atoms with Gasteiger partial charge in [-0.25, -0.2) is 4.39 Å². The van der Waals surface area contributed by atoms with Crippen molar-refractivity contribution >= 4 is 43.5 Å². The maximum Gasteiger partial charge on any atom is 0.256 e. The highest BCUT2D eigenvalue weighted by Gasteiger charge is 2.13. The minimum atomic E-state index is -0.415. The number of hydrogen-bond donors (Lipinski definition) is 1. The lowest BCUT2D eigenvalue weighted by atomic mass is 10.2. The second-order valence-corrected chi connectivity index (χ2v) is 5.92. The zero-order valence-electron chi connectivity index (χ0n) is 11.1. The predicted octanol–water partition coefficient (Wildman–Crippen LogP) is 5.00. The molecule has 0 aliphatic carbocycles. The van der Waals surface area contributed by atoms with Crippen molar-refractivity contribution in [1.82, 2.24) is 0 Å². The molecule has 1 N–H and O–H groups in total. The largest absolute Gasteiger partial charge is 0.492 e. The first-order chi connectivity index (χ1) is 10.0. The molecule has 0 radical (unpaired) electrons. The van der Waals surface area contributed by atoms with Crippen LogP contribution in [0.1, 0.15) is 17.3 Å². The molecule has 0 aliphatic rings. The third kappa shape index (κ3) is 4.04. The number of ether oxygens (including phenoxy) is 1. The van der Waals surface area contributed by atoms with E-state index < -0.39 is 5.82 Å². The third-order valence-electron chi connectivity index (χ3n) is 2.67. The summed E-state index contributed by atoms with van der Waals surface area (Å²) < 4.78 is 20.1. The number of nitrogens with one attached hydrogen (secondary N) is 1. The van der Waals surface area contributed by atoms with Gasteiger partial charge in [0, 0.05) is 15.0 Å². The van der Waals surface area contributed by atoms with Crippen LogP contribution < -0.4 is 10.1 Å². The summed E-state index contributed by atoms with van der Waals surface area (Å²) >= 11 is 6.67. The molecule has 0 saturated heterocycles. The smallest absolute Gasteiger partial charge is 0.256 e. The molecule has 0 atom stereocenters. The van der Waals surface area contributed by atoms with Gasteiger partial charge in [0.1, 0.15) is 11.6 Å². The minimum Gasteiger partial charge on any atom is -0.492 e. The zero-order chi connectivity index (χ0) is 15.4. The number of hydrogen-bond acceptors (Lipinski definition) is 2. The zero-order valence-corrected chi connectivity index (χ0v) is 14.3. The van der Waals surface area contributed by atoms with Crippen molar-refractivity contribution in [3.8, 4) is 5.75 Å². The molecule has 110 valence electrons. The molecule has 0 spiro atoms. The summed E-state index contributed by atoms with van der Waals surface area (Å²) in [7, 11) is 0. The second-order valence-electron chi connectivity index (χ2n) is 4.15. The number of rotatable bonds is 4. The number of carbonyl (C=O) groups is 1. The molecule has 2 aromatic carbocycles. The van der Waals surface area contributed by atoms with E-state index in [1.54, 1.807) is 25.1 Å². The molecule has 0 bridgehead atoms.